The average Bonchev–Trinajstić information content (AvgIpc) is 3.27. The van der Waals surface area contributed by atoms with Gasteiger partial charge in [-0.3, -0.25) is 0 Å². The molecule has 4 aromatic rings. The Balaban J connectivity index is 1.26. The van der Waals surface area contributed by atoms with Crippen LogP contribution in [0.15, 0.2) is 60.7 Å². The van der Waals surface area contributed by atoms with Gasteiger partial charge < -0.3 is 19.9 Å². The summed E-state index contributed by atoms with van der Waals surface area (Å²) >= 11 is 0. The molecule has 0 amide bonds. The van der Waals surface area contributed by atoms with Gasteiger partial charge >= 0.3 is 6.18 Å². The van der Waals surface area contributed by atoms with Gasteiger partial charge in [0.15, 0.2) is 5.65 Å². The molecular formula is C24H22F3N5O. The zero-order valence-electron chi connectivity index (χ0n) is 17.7. The van der Waals surface area contributed by atoms with Gasteiger partial charge in [0.1, 0.15) is 24.0 Å². The number of rotatable bonds is 5. The lowest BCUT2D eigenvalue weighted by molar-refractivity contribution is -0.137. The molecule has 0 saturated carbocycles. The van der Waals surface area contributed by atoms with E-state index in [0.717, 1.165) is 55.2 Å². The van der Waals surface area contributed by atoms with Gasteiger partial charge in [0.25, 0.3) is 0 Å². The monoisotopic (exact) mass is 453 g/mol. The van der Waals surface area contributed by atoms with Gasteiger partial charge in [-0.1, -0.05) is 12.1 Å². The van der Waals surface area contributed by atoms with Gasteiger partial charge in [-0.2, -0.15) is 13.2 Å². The molecule has 5 rings (SSSR count). The van der Waals surface area contributed by atoms with E-state index in [1.54, 1.807) is 0 Å². The van der Waals surface area contributed by atoms with Crippen LogP contribution in [0.4, 0.5) is 19.0 Å². The quantitative estimate of drug-likeness (QED) is 0.461. The molecule has 2 N–H and O–H groups in total. The highest BCUT2D eigenvalue weighted by molar-refractivity contribution is 5.77. The number of halogens is 3. The number of nitrogens with zero attached hydrogens (tertiary/aromatic N) is 3. The molecule has 9 heteroatoms. The molecular weight excluding hydrogens is 431 g/mol. The van der Waals surface area contributed by atoms with Gasteiger partial charge in [-0.05, 0) is 54.1 Å². The maximum Gasteiger partial charge on any atom is 0.416 e. The van der Waals surface area contributed by atoms with E-state index in [-0.39, 0.29) is 6.61 Å². The number of hydrogen-bond acceptors (Lipinski definition) is 5. The second kappa shape index (κ2) is 8.74. The summed E-state index contributed by atoms with van der Waals surface area (Å²) in [5.74, 6) is 2.26. The summed E-state index contributed by atoms with van der Waals surface area (Å²) in [4.78, 5) is 14.9. The molecule has 0 aliphatic carbocycles. The average molecular weight is 453 g/mol. The number of aromatic amines is 1. The molecule has 2 aromatic heterocycles. The second-order valence-corrected chi connectivity index (χ2v) is 7.87. The van der Waals surface area contributed by atoms with E-state index in [1.165, 1.54) is 12.1 Å². The molecule has 3 heterocycles. The summed E-state index contributed by atoms with van der Waals surface area (Å²) in [6.45, 7) is 3.91. The maximum atomic E-state index is 12.7. The summed E-state index contributed by atoms with van der Waals surface area (Å²) in [6.07, 6.45) is -4.34. The van der Waals surface area contributed by atoms with Crippen LogP contribution in [0, 0.1) is 0 Å². The number of benzene rings is 2. The number of H-pyrrole nitrogens is 1. The minimum absolute atomic E-state index is 0.181. The third kappa shape index (κ3) is 4.78. The summed E-state index contributed by atoms with van der Waals surface area (Å²) in [6, 6.07) is 16.4. The number of fused-ring (bicyclic) bond motifs is 1. The summed E-state index contributed by atoms with van der Waals surface area (Å²) in [7, 11) is 0. The van der Waals surface area contributed by atoms with Crippen molar-refractivity contribution < 1.29 is 17.9 Å². The van der Waals surface area contributed by atoms with Crippen LogP contribution >= 0.6 is 0 Å². The van der Waals surface area contributed by atoms with Crippen LogP contribution in [0.1, 0.15) is 11.1 Å². The Labute approximate surface area is 188 Å². The van der Waals surface area contributed by atoms with Crippen molar-refractivity contribution in [2.75, 3.05) is 31.1 Å². The van der Waals surface area contributed by atoms with Crippen molar-refractivity contribution in [2.45, 2.75) is 12.8 Å². The van der Waals surface area contributed by atoms with Gasteiger partial charge in [0.05, 0.1) is 11.1 Å². The van der Waals surface area contributed by atoms with E-state index >= 15 is 0 Å². The number of ether oxygens (including phenoxy) is 1. The van der Waals surface area contributed by atoms with E-state index in [0.29, 0.717) is 22.8 Å². The number of pyridine rings is 1. The fourth-order valence-electron chi connectivity index (χ4n) is 3.76. The van der Waals surface area contributed by atoms with E-state index in [1.807, 2.05) is 36.4 Å². The predicted molar refractivity (Wildman–Crippen MR) is 120 cm³/mol. The first-order valence-electron chi connectivity index (χ1n) is 10.7. The van der Waals surface area contributed by atoms with Crippen LogP contribution in [0.3, 0.4) is 0 Å². The SMILES string of the molecule is FC(F)(F)c1ccc(COc2ccc(-c3nc4nc(N5CCNCC5)ccc4[nH]3)cc2)cc1. The first-order valence-corrected chi connectivity index (χ1v) is 10.7. The highest BCUT2D eigenvalue weighted by Gasteiger charge is 2.29. The zero-order chi connectivity index (χ0) is 22.8. The number of anilines is 1. The lowest BCUT2D eigenvalue weighted by Crippen LogP contribution is -2.43. The molecule has 170 valence electrons. The lowest BCUT2D eigenvalue weighted by atomic mass is 10.1. The van der Waals surface area contributed by atoms with Crippen molar-refractivity contribution in [3.8, 4) is 17.1 Å². The Morgan fingerprint density at radius 3 is 2.30 bits per heavy atom. The predicted octanol–water partition coefficient (Wildman–Crippen LogP) is 4.63. The van der Waals surface area contributed by atoms with Crippen molar-refractivity contribution in [2.24, 2.45) is 0 Å². The fourth-order valence-corrected chi connectivity index (χ4v) is 3.76. The summed E-state index contributed by atoms with van der Waals surface area (Å²) < 4.78 is 43.7. The van der Waals surface area contributed by atoms with Crippen molar-refractivity contribution in [3.05, 3.63) is 71.8 Å². The number of alkyl halides is 3. The standard InChI is InChI=1S/C24H22F3N5O/c25-24(26,27)18-5-1-16(2-6-18)15-33-19-7-3-17(4-8-19)22-29-20-9-10-21(30-23(20)31-22)32-13-11-28-12-14-32/h1-10,28H,11-15H2,(H,29,30,31). The largest absolute Gasteiger partial charge is 0.489 e. The summed E-state index contributed by atoms with van der Waals surface area (Å²) in [5, 5.41) is 3.34. The van der Waals surface area contributed by atoms with Crippen molar-refractivity contribution >= 4 is 17.0 Å². The van der Waals surface area contributed by atoms with E-state index < -0.39 is 11.7 Å². The topological polar surface area (TPSA) is 66.1 Å². The minimum Gasteiger partial charge on any atom is -0.489 e. The first-order chi connectivity index (χ1) is 16.0. The Hall–Kier alpha value is -3.59. The number of piperazine rings is 1. The van der Waals surface area contributed by atoms with E-state index in [2.05, 4.69) is 20.2 Å². The minimum atomic E-state index is -4.34. The second-order valence-electron chi connectivity index (χ2n) is 7.87. The van der Waals surface area contributed by atoms with Crippen molar-refractivity contribution in [1.29, 1.82) is 0 Å². The molecule has 0 spiro atoms. The van der Waals surface area contributed by atoms with E-state index in [4.69, 9.17) is 9.72 Å². The molecule has 1 aliphatic heterocycles. The third-order valence-electron chi connectivity index (χ3n) is 5.59. The zero-order valence-corrected chi connectivity index (χ0v) is 17.7. The first kappa shape index (κ1) is 21.3. The Morgan fingerprint density at radius 2 is 1.61 bits per heavy atom. The molecule has 1 saturated heterocycles. The Kier molecular flexibility index (Phi) is 5.63. The molecule has 0 bridgehead atoms. The number of nitrogens with one attached hydrogen (secondary N) is 2. The number of hydrogen-bond donors (Lipinski definition) is 2. The fraction of sp³-hybridized carbons (Fsp3) is 0.250. The van der Waals surface area contributed by atoms with Crippen LogP contribution < -0.4 is 15.0 Å². The van der Waals surface area contributed by atoms with Crippen LogP contribution in [0.25, 0.3) is 22.6 Å². The highest BCUT2D eigenvalue weighted by Crippen LogP contribution is 2.29. The van der Waals surface area contributed by atoms with Gasteiger partial charge in [-0.25, -0.2) is 9.97 Å². The van der Waals surface area contributed by atoms with Gasteiger partial charge in [0, 0.05) is 31.7 Å². The van der Waals surface area contributed by atoms with Crippen LogP contribution in [0.5, 0.6) is 5.75 Å². The molecule has 0 atom stereocenters. The molecule has 33 heavy (non-hydrogen) atoms. The van der Waals surface area contributed by atoms with Crippen molar-refractivity contribution in [1.82, 2.24) is 20.3 Å². The molecule has 0 unspecified atom stereocenters. The maximum absolute atomic E-state index is 12.7. The highest BCUT2D eigenvalue weighted by atomic mass is 19.4. The molecule has 1 fully saturated rings. The summed E-state index contributed by atoms with van der Waals surface area (Å²) in [5.41, 5.74) is 2.42. The normalized spacial score (nSPS) is 14.6. The van der Waals surface area contributed by atoms with Crippen molar-refractivity contribution in [3.63, 3.8) is 0 Å². The number of imidazole rings is 1. The lowest BCUT2D eigenvalue weighted by Gasteiger charge is -2.28. The molecule has 2 aromatic carbocycles. The third-order valence-corrected chi connectivity index (χ3v) is 5.59. The van der Waals surface area contributed by atoms with Gasteiger partial charge in [0.2, 0.25) is 0 Å². The van der Waals surface area contributed by atoms with Crippen LogP contribution in [-0.2, 0) is 12.8 Å². The number of aromatic nitrogens is 3. The molecule has 6 nitrogen and oxygen atoms in total. The molecule has 0 radical (unpaired) electrons. The van der Waals surface area contributed by atoms with Crippen LogP contribution in [-0.4, -0.2) is 41.1 Å². The van der Waals surface area contributed by atoms with E-state index in [9.17, 15) is 13.2 Å². The smallest absolute Gasteiger partial charge is 0.416 e. The molecule has 1 aliphatic rings. The Morgan fingerprint density at radius 1 is 0.879 bits per heavy atom. The van der Waals surface area contributed by atoms with Gasteiger partial charge in [-0.15, -0.1) is 0 Å². The van der Waals surface area contributed by atoms with Crippen LogP contribution in [0.2, 0.25) is 0 Å². The Bertz CT molecular complexity index is 1230.